The predicted octanol–water partition coefficient (Wildman–Crippen LogP) is 4.04. The van der Waals surface area contributed by atoms with Crippen LogP contribution in [-0.4, -0.2) is 16.6 Å². The Labute approximate surface area is 135 Å². The third kappa shape index (κ3) is 2.75. The van der Waals surface area contributed by atoms with Crippen molar-refractivity contribution in [1.29, 1.82) is 0 Å². The molecule has 0 saturated carbocycles. The number of hydrogen-bond acceptors (Lipinski definition) is 3. The van der Waals surface area contributed by atoms with Crippen LogP contribution in [0.25, 0.3) is 0 Å². The molecule has 6 heteroatoms. The second-order valence-corrected chi connectivity index (χ2v) is 5.53. The van der Waals surface area contributed by atoms with Gasteiger partial charge in [-0.3, -0.25) is 14.6 Å². The lowest BCUT2D eigenvalue weighted by molar-refractivity contribution is -0.137. The number of halogens is 3. The maximum atomic E-state index is 12.6. The summed E-state index contributed by atoms with van der Waals surface area (Å²) in [5.41, 5.74) is 0.709. The summed E-state index contributed by atoms with van der Waals surface area (Å²) in [4.78, 5) is 28.9. The Bertz CT molecular complexity index is 865. The number of ketones is 2. The SMILES string of the molecule is CC1=C(Cc2ccc(C(F)(F)F)cc2)C(=O)c2cccnc2C1=O. The number of carbonyl (C=O) groups is 2. The highest BCUT2D eigenvalue weighted by Crippen LogP contribution is 2.31. The van der Waals surface area contributed by atoms with Crippen LogP contribution in [0.4, 0.5) is 13.2 Å². The molecule has 0 bridgehead atoms. The van der Waals surface area contributed by atoms with Crippen molar-refractivity contribution in [2.24, 2.45) is 0 Å². The van der Waals surface area contributed by atoms with Crippen LogP contribution in [0, 0.1) is 0 Å². The fourth-order valence-electron chi connectivity index (χ4n) is 2.65. The summed E-state index contributed by atoms with van der Waals surface area (Å²) < 4.78 is 37.8. The molecule has 2 aromatic rings. The van der Waals surface area contributed by atoms with E-state index >= 15 is 0 Å². The number of alkyl halides is 3. The molecule has 0 aliphatic heterocycles. The Morgan fingerprint density at radius 3 is 2.29 bits per heavy atom. The first kappa shape index (κ1) is 16.1. The Morgan fingerprint density at radius 2 is 1.67 bits per heavy atom. The zero-order chi connectivity index (χ0) is 17.5. The number of aromatic nitrogens is 1. The van der Waals surface area contributed by atoms with Crippen LogP contribution in [-0.2, 0) is 12.6 Å². The fraction of sp³-hybridized carbons (Fsp3) is 0.167. The Kier molecular flexibility index (Phi) is 3.83. The largest absolute Gasteiger partial charge is 0.416 e. The van der Waals surface area contributed by atoms with Crippen molar-refractivity contribution in [3.8, 4) is 0 Å². The van der Waals surface area contributed by atoms with Gasteiger partial charge in [0.2, 0.25) is 5.78 Å². The molecule has 24 heavy (non-hydrogen) atoms. The Morgan fingerprint density at radius 1 is 1.00 bits per heavy atom. The molecule has 1 aromatic heterocycles. The molecular weight excluding hydrogens is 319 g/mol. The molecule has 3 rings (SSSR count). The third-order valence-corrected chi connectivity index (χ3v) is 4.00. The predicted molar refractivity (Wildman–Crippen MR) is 80.7 cm³/mol. The van der Waals surface area contributed by atoms with Crippen LogP contribution in [0.15, 0.2) is 53.7 Å². The van der Waals surface area contributed by atoms with Gasteiger partial charge < -0.3 is 0 Å². The van der Waals surface area contributed by atoms with Crippen LogP contribution in [0.3, 0.4) is 0 Å². The van der Waals surface area contributed by atoms with Gasteiger partial charge in [0.25, 0.3) is 0 Å². The molecule has 0 radical (unpaired) electrons. The van der Waals surface area contributed by atoms with Crippen molar-refractivity contribution in [1.82, 2.24) is 4.98 Å². The molecular formula is C18H12F3NO2. The number of allylic oxidation sites excluding steroid dienone is 2. The summed E-state index contributed by atoms with van der Waals surface area (Å²) in [6.07, 6.45) is -2.87. The minimum atomic E-state index is -4.41. The smallest absolute Gasteiger partial charge is 0.289 e. The topological polar surface area (TPSA) is 47.0 Å². The zero-order valence-corrected chi connectivity index (χ0v) is 12.6. The number of Topliss-reactive ketones (excluding diaryl/α,β-unsaturated/α-hetero) is 2. The van der Waals surface area contributed by atoms with Crippen LogP contribution in [0.5, 0.6) is 0 Å². The lowest BCUT2D eigenvalue weighted by atomic mass is 9.84. The van der Waals surface area contributed by atoms with Gasteiger partial charge in [0, 0.05) is 23.8 Å². The zero-order valence-electron chi connectivity index (χ0n) is 12.6. The third-order valence-electron chi connectivity index (χ3n) is 4.00. The maximum Gasteiger partial charge on any atom is 0.416 e. The van der Waals surface area contributed by atoms with Crippen molar-refractivity contribution < 1.29 is 22.8 Å². The number of fused-ring (bicyclic) bond motifs is 1. The molecule has 1 aromatic carbocycles. The fourth-order valence-corrected chi connectivity index (χ4v) is 2.65. The van der Waals surface area contributed by atoms with E-state index in [0.29, 0.717) is 11.1 Å². The molecule has 0 atom stereocenters. The van der Waals surface area contributed by atoms with Gasteiger partial charge in [-0.25, -0.2) is 0 Å². The van der Waals surface area contributed by atoms with Crippen molar-refractivity contribution in [2.75, 3.05) is 0 Å². The molecule has 0 N–H and O–H groups in total. The van der Waals surface area contributed by atoms with Gasteiger partial charge in [-0.05, 0) is 36.8 Å². The van der Waals surface area contributed by atoms with Crippen LogP contribution >= 0.6 is 0 Å². The van der Waals surface area contributed by atoms with Gasteiger partial charge in [0.1, 0.15) is 5.69 Å². The lowest BCUT2D eigenvalue weighted by Gasteiger charge is -2.18. The average molecular weight is 331 g/mol. The normalized spacial score (nSPS) is 14.8. The molecule has 1 heterocycles. The van der Waals surface area contributed by atoms with Crippen LogP contribution < -0.4 is 0 Å². The quantitative estimate of drug-likeness (QED) is 0.834. The monoisotopic (exact) mass is 331 g/mol. The van der Waals surface area contributed by atoms with Gasteiger partial charge in [0.15, 0.2) is 5.78 Å². The van der Waals surface area contributed by atoms with Gasteiger partial charge in [-0.1, -0.05) is 12.1 Å². The molecule has 0 fully saturated rings. The Hall–Kier alpha value is -2.76. The van der Waals surface area contributed by atoms with E-state index in [0.717, 1.165) is 12.1 Å². The lowest BCUT2D eigenvalue weighted by Crippen LogP contribution is -2.23. The van der Waals surface area contributed by atoms with E-state index in [9.17, 15) is 22.8 Å². The molecule has 1 aliphatic rings. The second kappa shape index (κ2) is 5.70. The summed E-state index contributed by atoms with van der Waals surface area (Å²) in [5, 5.41) is 0. The minimum absolute atomic E-state index is 0.100. The maximum absolute atomic E-state index is 12.6. The standard InChI is InChI=1S/C18H12F3NO2/c1-10-14(9-11-4-6-12(7-5-11)18(19,20)21)17(24)13-3-2-8-22-15(13)16(10)23/h2-8H,9H2,1H3. The summed E-state index contributed by atoms with van der Waals surface area (Å²) >= 11 is 0. The van der Waals surface area contributed by atoms with Crippen molar-refractivity contribution in [2.45, 2.75) is 19.5 Å². The first-order chi connectivity index (χ1) is 11.3. The molecule has 0 saturated heterocycles. The van der Waals surface area contributed by atoms with E-state index in [1.165, 1.54) is 31.3 Å². The Balaban J connectivity index is 1.94. The van der Waals surface area contributed by atoms with E-state index in [4.69, 9.17) is 0 Å². The van der Waals surface area contributed by atoms with E-state index < -0.39 is 11.7 Å². The molecule has 122 valence electrons. The van der Waals surface area contributed by atoms with Crippen LogP contribution in [0.1, 0.15) is 38.9 Å². The highest BCUT2D eigenvalue weighted by Gasteiger charge is 2.32. The minimum Gasteiger partial charge on any atom is -0.289 e. The molecule has 0 unspecified atom stereocenters. The summed E-state index contributed by atoms with van der Waals surface area (Å²) in [6, 6.07) is 7.67. The van der Waals surface area contributed by atoms with Gasteiger partial charge >= 0.3 is 6.18 Å². The van der Waals surface area contributed by atoms with Gasteiger partial charge in [0.05, 0.1) is 11.1 Å². The van der Waals surface area contributed by atoms with Crippen molar-refractivity contribution >= 4 is 11.6 Å². The van der Waals surface area contributed by atoms with E-state index in [2.05, 4.69) is 4.98 Å². The summed E-state index contributed by atoms with van der Waals surface area (Å²) in [5.74, 6) is -0.637. The number of carbonyl (C=O) groups excluding carboxylic acids is 2. The average Bonchev–Trinajstić information content (AvgIpc) is 2.56. The second-order valence-electron chi connectivity index (χ2n) is 5.53. The van der Waals surface area contributed by atoms with Crippen LogP contribution in [0.2, 0.25) is 0 Å². The first-order valence-corrected chi connectivity index (χ1v) is 7.19. The number of benzene rings is 1. The first-order valence-electron chi connectivity index (χ1n) is 7.19. The summed E-state index contributed by atoms with van der Waals surface area (Å²) in [6.45, 7) is 1.54. The molecule has 1 aliphatic carbocycles. The molecule has 0 amide bonds. The number of rotatable bonds is 2. The van der Waals surface area contributed by atoms with Crippen molar-refractivity contribution in [3.05, 3.63) is 76.1 Å². The van der Waals surface area contributed by atoms with E-state index in [-0.39, 0.29) is 34.8 Å². The number of pyridine rings is 1. The molecule has 0 spiro atoms. The van der Waals surface area contributed by atoms with E-state index in [1.54, 1.807) is 6.07 Å². The van der Waals surface area contributed by atoms with Gasteiger partial charge in [-0.2, -0.15) is 13.2 Å². The van der Waals surface area contributed by atoms with Crippen molar-refractivity contribution in [3.63, 3.8) is 0 Å². The molecule has 3 nitrogen and oxygen atoms in total. The highest BCUT2D eigenvalue weighted by molar-refractivity contribution is 6.26. The number of hydrogen-bond donors (Lipinski definition) is 0. The summed E-state index contributed by atoms with van der Waals surface area (Å²) in [7, 11) is 0. The number of nitrogens with zero attached hydrogens (tertiary/aromatic N) is 1. The van der Waals surface area contributed by atoms with Gasteiger partial charge in [-0.15, -0.1) is 0 Å². The van der Waals surface area contributed by atoms with E-state index in [1.807, 2.05) is 0 Å². The highest BCUT2D eigenvalue weighted by atomic mass is 19.4.